The normalized spacial score (nSPS) is 24.1. The number of sulfonamides is 1. The number of hydrogen-bond acceptors (Lipinski definition) is 4. The molecule has 0 aliphatic carbocycles. The fraction of sp³-hybridized carbons (Fsp3) is 0.538. The molecule has 1 aliphatic rings. The Bertz CT molecular complexity index is 736. The number of nitrogens with one attached hydrogen (secondary N) is 1. The molecular formula is C13H21N3O4S2. The third-order valence-electron chi connectivity index (χ3n) is 3.58. The lowest BCUT2D eigenvalue weighted by atomic mass is 9.94. The summed E-state index contributed by atoms with van der Waals surface area (Å²) in [6, 6.07) is 5.46. The van der Waals surface area contributed by atoms with Gasteiger partial charge in [0.1, 0.15) is 0 Å². The molecule has 0 aromatic heterocycles. The molecule has 9 heteroatoms. The Morgan fingerprint density at radius 1 is 1.14 bits per heavy atom. The van der Waals surface area contributed by atoms with E-state index in [4.69, 9.17) is 5.14 Å². The quantitative estimate of drug-likeness (QED) is 0.845. The Hall–Kier alpha value is -1.16. The van der Waals surface area contributed by atoms with Crippen molar-refractivity contribution >= 4 is 25.9 Å². The van der Waals surface area contributed by atoms with Crippen molar-refractivity contribution in [1.29, 1.82) is 0 Å². The zero-order valence-corrected chi connectivity index (χ0v) is 14.2. The van der Waals surface area contributed by atoms with Crippen molar-refractivity contribution in [3.05, 3.63) is 24.3 Å². The monoisotopic (exact) mass is 347 g/mol. The maximum Gasteiger partial charge on any atom is 0.301 e. The third-order valence-corrected chi connectivity index (χ3v) is 5.97. The van der Waals surface area contributed by atoms with Gasteiger partial charge < -0.3 is 0 Å². The van der Waals surface area contributed by atoms with Crippen LogP contribution in [0.2, 0.25) is 0 Å². The van der Waals surface area contributed by atoms with Crippen LogP contribution in [-0.4, -0.2) is 34.2 Å². The molecule has 0 saturated carbocycles. The molecule has 124 valence electrons. The van der Waals surface area contributed by atoms with Gasteiger partial charge in [-0.3, -0.25) is 4.72 Å². The van der Waals surface area contributed by atoms with Crippen molar-refractivity contribution in [3.8, 4) is 0 Å². The number of primary sulfonamides is 1. The van der Waals surface area contributed by atoms with Crippen LogP contribution in [-0.2, 0) is 20.2 Å². The van der Waals surface area contributed by atoms with E-state index < -0.39 is 20.2 Å². The molecule has 1 aromatic rings. The maximum absolute atomic E-state index is 12.4. The van der Waals surface area contributed by atoms with Crippen LogP contribution in [0.4, 0.5) is 5.69 Å². The lowest BCUT2D eigenvalue weighted by Gasteiger charge is -2.34. The van der Waals surface area contributed by atoms with Gasteiger partial charge >= 0.3 is 10.2 Å². The first-order valence-corrected chi connectivity index (χ1v) is 9.97. The Morgan fingerprint density at radius 2 is 1.73 bits per heavy atom. The van der Waals surface area contributed by atoms with Gasteiger partial charge in [0.25, 0.3) is 0 Å². The first-order valence-electron chi connectivity index (χ1n) is 6.98. The van der Waals surface area contributed by atoms with Gasteiger partial charge in [0.15, 0.2) is 0 Å². The van der Waals surface area contributed by atoms with E-state index in [1.54, 1.807) is 0 Å². The van der Waals surface area contributed by atoms with Crippen LogP contribution in [0.25, 0.3) is 0 Å². The molecule has 2 atom stereocenters. The van der Waals surface area contributed by atoms with Gasteiger partial charge in [-0.15, -0.1) is 0 Å². The van der Waals surface area contributed by atoms with Crippen LogP contribution in [0.3, 0.4) is 0 Å². The zero-order chi connectivity index (χ0) is 16.5. The van der Waals surface area contributed by atoms with Crippen molar-refractivity contribution in [1.82, 2.24) is 4.31 Å². The number of benzene rings is 1. The Kier molecular flexibility index (Phi) is 4.81. The van der Waals surface area contributed by atoms with E-state index in [1.807, 2.05) is 13.8 Å². The lowest BCUT2D eigenvalue weighted by Crippen LogP contribution is -2.45. The van der Waals surface area contributed by atoms with E-state index in [9.17, 15) is 16.8 Å². The molecule has 1 saturated heterocycles. The smallest absolute Gasteiger partial charge is 0.271 e. The standard InChI is InChI=1S/C13H21N3O4S2/c1-10-6-11(2)9-16(8-10)22(19,20)15-12-4-3-5-13(7-12)21(14,17)18/h3-5,7,10-11,15H,6,8-9H2,1-2H3,(H2,14,17,18)/t10-,11+. The molecular weight excluding hydrogens is 326 g/mol. The van der Waals surface area contributed by atoms with E-state index in [1.165, 1.54) is 28.6 Å². The third kappa shape index (κ3) is 4.19. The van der Waals surface area contributed by atoms with E-state index in [2.05, 4.69) is 4.72 Å². The summed E-state index contributed by atoms with van der Waals surface area (Å²) in [6.45, 7) is 4.93. The summed E-state index contributed by atoms with van der Waals surface area (Å²) < 4.78 is 51.4. The number of rotatable bonds is 4. The number of piperidine rings is 1. The van der Waals surface area contributed by atoms with Crippen LogP contribution in [0.15, 0.2) is 29.2 Å². The van der Waals surface area contributed by atoms with Crippen LogP contribution in [0, 0.1) is 11.8 Å². The highest BCUT2D eigenvalue weighted by Crippen LogP contribution is 2.24. The summed E-state index contributed by atoms with van der Waals surface area (Å²) in [5, 5.41) is 5.05. The molecule has 3 N–H and O–H groups in total. The summed E-state index contributed by atoms with van der Waals surface area (Å²) in [5.74, 6) is 0.576. The van der Waals surface area contributed by atoms with Gasteiger partial charge in [0, 0.05) is 13.1 Å². The van der Waals surface area contributed by atoms with Crippen LogP contribution in [0.1, 0.15) is 20.3 Å². The number of nitrogens with zero attached hydrogens (tertiary/aromatic N) is 1. The fourth-order valence-electron chi connectivity index (χ4n) is 2.75. The highest BCUT2D eigenvalue weighted by Gasteiger charge is 2.30. The second-order valence-corrected chi connectivity index (χ2v) is 9.18. The number of hydrogen-bond donors (Lipinski definition) is 2. The maximum atomic E-state index is 12.4. The van der Waals surface area contributed by atoms with Gasteiger partial charge in [0.05, 0.1) is 10.6 Å². The van der Waals surface area contributed by atoms with Gasteiger partial charge in [-0.2, -0.15) is 12.7 Å². The predicted molar refractivity (Wildman–Crippen MR) is 84.9 cm³/mol. The second-order valence-electron chi connectivity index (χ2n) is 5.94. The largest absolute Gasteiger partial charge is 0.301 e. The van der Waals surface area contributed by atoms with E-state index in [0.29, 0.717) is 13.1 Å². The van der Waals surface area contributed by atoms with Crippen molar-refractivity contribution < 1.29 is 16.8 Å². The van der Waals surface area contributed by atoms with Crippen molar-refractivity contribution in [2.45, 2.75) is 25.2 Å². The Labute approximate surface area is 131 Å². The number of anilines is 1. The van der Waals surface area contributed by atoms with Crippen molar-refractivity contribution in [2.75, 3.05) is 17.8 Å². The second kappa shape index (κ2) is 6.15. The van der Waals surface area contributed by atoms with E-state index >= 15 is 0 Å². The lowest BCUT2D eigenvalue weighted by molar-refractivity contribution is 0.223. The summed E-state index contributed by atoms with van der Waals surface area (Å²) in [4.78, 5) is -0.131. The summed E-state index contributed by atoms with van der Waals surface area (Å²) in [7, 11) is -7.59. The highest BCUT2D eigenvalue weighted by molar-refractivity contribution is 7.90. The predicted octanol–water partition coefficient (Wildman–Crippen LogP) is 0.969. The van der Waals surface area contributed by atoms with Gasteiger partial charge in [-0.25, -0.2) is 13.6 Å². The Balaban J connectivity index is 2.22. The Morgan fingerprint density at radius 3 is 2.27 bits per heavy atom. The van der Waals surface area contributed by atoms with Crippen LogP contribution in [0.5, 0.6) is 0 Å². The minimum atomic E-state index is -3.87. The molecule has 0 spiro atoms. The molecule has 2 rings (SSSR count). The zero-order valence-electron chi connectivity index (χ0n) is 12.6. The van der Waals surface area contributed by atoms with Crippen LogP contribution < -0.4 is 9.86 Å². The molecule has 1 fully saturated rings. The van der Waals surface area contributed by atoms with Gasteiger partial charge in [0.2, 0.25) is 10.0 Å². The minimum Gasteiger partial charge on any atom is -0.271 e. The van der Waals surface area contributed by atoms with E-state index in [-0.39, 0.29) is 22.4 Å². The molecule has 22 heavy (non-hydrogen) atoms. The first-order chi connectivity index (χ1) is 10.1. The summed E-state index contributed by atoms with van der Waals surface area (Å²) in [5.41, 5.74) is 0.178. The molecule has 7 nitrogen and oxygen atoms in total. The highest BCUT2D eigenvalue weighted by atomic mass is 32.2. The average Bonchev–Trinajstić information content (AvgIpc) is 2.36. The molecule has 1 aromatic carbocycles. The fourth-order valence-corrected chi connectivity index (χ4v) is 4.77. The SMILES string of the molecule is C[C@@H]1C[C@H](C)CN(S(=O)(=O)Nc2cccc(S(N)(=O)=O)c2)C1. The average molecular weight is 347 g/mol. The molecule has 0 unspecified atom stereocenters. The topological polar surface area (TPSA) is 110 Å². The van der Waals surface area contributed by atoms with E-state index in [0.717, 1.165) is 6.42 Å². The van der Waals surface area contributed by atoms with Crippen molar-refractivity contribution in [2.24, 2.45) is 17.0 Å². The summed E-state index contributed by atoms with van der Waals surface area (Å²) in [6.07, 6.45) is 0.993. The molecule has 1 aliphatic heterocycles. The molecule has 0 amide bonds. The number of nitrogens with two attached hydrogens (primary N) is 1. The van der Waals surface area contributed by atoms with Gasteiger partial charge in [-0.1, -0.05) is 19.9 Å². The minimum absolute atomic E-state index is 0.131. The molecule has 0 bridgehead atoms. The van der Waals surface area contributed by atoms with Gasteiger partial charge in [-0.05, 0) is 36.5 Å². The molecule has 1 heterocycles. The summed E-state index contributed by atoms with van der Waals surface area (Å²) >= 11 is 0. The molecule has 0 radical (unpaired) electrons. The van der Waals surface area contributed by atoms with Crippen molar-refractivity contribution in [3.63, 3.8) is 0 Å². The first kappa shape index (κ1) is 17.2. The van der Waals surface area contributed by atoms with Crippen LogP contribution >= 0.6 is 0 Å².